The molecule has 2 amide bonds. The Hall–Kier alpha value is -3.47. The van der Waals surface area contributed by atoms with Gasteiger partial charge in [-0.1, -0.05) is 92.6 Å². The first-order valence-electron chi connectivity index (χ1n) is 12.0. The van der Waals surface area contributed by atoms with E-state index in [0.29, 0.717) is 13.0 Å². The van der Waals surface area contributed by atoms with Gasteiger partial charge in [0, 0.05) is 19.5 Å². The van der Waals surface area contributed by atoms with Crippen LogP contribution in [-0.2, 0) is 29.0 Å². The standard InChI is InChI=1S/C29H33FN2O2/c1-2-3-10-19-31-29(34)27(20-23-11-6-4-7-12-23)32(22-25-15-17-26(30)18-16-25)28(33)21-24-13-8-5-9-14-24/h4-9,11-18,27H,2-3,10,19-22H2,1H3,(H,31,34)/t27-/m1/s1. The van der Waals surface area contributed by atoms with E-state index < -0.39 is 6.04 Å². The minimum Gasteiger partial charge on any atom is -0.354 e. The molecule has 0 saturated carbocycles. The lowest BCUT2D eigenvalue weighted by atomic mass is 10.0. The van der Waals surface area contributed by atoms with Gasteiger partial charge in [-0.25, -0.2) is 4.39 Å². The molecule has 0 aliphatic heterocycles. The molecule has 0 radical (unpaired) electrons. The highest BCUT2D eigenvalue weighted by Gasteiger charge is 2.30. The van der Waals surface area contributed by atoms with Gasteiger partial charge in [0.1, 0.15) is 11.9 Å². The highest BCUT2D eigenvalue weighted by atomic mass is 19.1. The second-order valence-electron chi connectivity index (χ2n) is 8.51. The van der Waals surface area contributed by atoms with E-state index in [2.05, 4.69) is 12.2 Å². The Kier molecular flexibility index (Phi) is 9.83. The molecule has 0 fully saturated rings. The van der Waals surface area contributed by atoms with Gasteiger partial charge < -0.3 is 10.2 Å². The number of hydrogen-bond acceptors (Lipinski definition) is 2. The van der Waals surface area contributed by atoms with E-state index >= 15 is 0 Å². The molecule has 4 nitrogen and oxygen atoms in total. The largest absolute Gasteiger partial charge is 0.354 e. The molecule has 3 aromatic carbocycles. The highest BCUT2D eigenvalue weighted by molar-refractivity contribution is 5.88. The summed E-state index contributed by atoms with van der Waals surface area (Å²) in [5.74, 6) is -0.635. The van der Waals surface area contributed by atoms with E-state index in [1.165, 1.54) is 12.1 Å². The normalized spacial score (nSPS) is 11.6. The Balaban J connectivity index is 1.89. The number of carbonyl (C=O) groups is 2. The van der Waals surface area contributed by atoms with Crippen molar-refractivity contribution in [1.29, 1.82) is 0 Å². The Labute approximate surface area is 201 Å². The lowest BCUT2D eigenvalue weighted by molar-refractivity contribution is -0.140. The van der Waals surface area contributed by atoms with Crippen molar-refractivity contribution in [2.45, 2.75) is 51.6 Å². The van der Waals surface area contributed by atoms with Crippen LogP contribution in [0.3, 0.4) is 0 Å². The number of rotatable bonds is 12. The lowest BCUT2D eigenvalue weighted by Crippen LogP contribution is -2.51. The summed E-state index contributed by atoms with van der Waals surface area (Å²) in [7, 11) is 0. The number of nitrogens with zero attached hydrogens (tertiary/aromatic N) is 1. The molecule has 3 rings (SSSR count). The van der Waals surface area contributed by atoms with Crippen LogP contribution in [0, 0.1) is 5.82 Å². The lowest BCUT2D eigenvalue weighted by Gasteiger charge is -2.31. The minimum atomic E-state index is -0.676. The van der Waals surface area contributed by atoms with E-state index in [0.717, 1.165) is 36.0 Å². The maximum Gasteiger partial charge on any atom is 0.243 e. The number of unbranched alkanes of at least 4 members (excludes halogenated alkanes) is 2. The van der Waals surface area contributed by atoms with Gasteiger partial charge in [0.2, 0.25) is 11.8 Å². The number of hydrogen-bond donors (Lipinski definition) is 1. The zero-order valence-electron chi connectivity index (χ0n) is 19.8. The van der Waals surface area contributed by atoms with Crippen molar-refractivity contribution in [3.8, 4) is 0 Å². The Morgan fingerprint density at radius 2 is 1.44 bits per heavy atom. The Morgan fingerprint density at radius 3 is 2.06 bits per heavy atom. The van der Waals surface area contributed by atoms with Crippen LogP contribution in [0.1, 0.15) is 42.9 Å². The number of halogens is 1. The molecule has 0 spiro atoms. The van der Waals surface area contributed by atoms with Crippen molar-refractivity contribution in [3.63, 3.8) is 0 Å². The summed E-state index contributed by atoms with van der Waals surface area (Å²) in [6, 6.07) is 24.7. The number of nitrogens with one attached hydrogen (secondary N) is 1. The monoisotopic (exact) mass is 460 g/mol. The molecule has 0 aliphatic carbocycles. The van der Waals surface area contributed by atoms with Crippen molar-refractivity contribution in [2.24, 2.45) is 0 Å². The van der Waals surface area contributed by atoms with Gasteiger partial charge >= 0.3 is 0 Å². The van der Waals surface area contributed by atoms with Crippen molar-refractivity contribution < 1.29 is 14.0 Å². The molecule has 1 N–H and O–H groups in total. The van der Waals surface area contributed by atoms with Crippen LogP contribution < -0.4 is 5.32 Å². The molecule has 0 aliphatic rings. The first-order valence-corrected chi connectivity index (χ1v) is 12.0. The fraction of sp³-hybridized carbons (Fsp3) is 0.310. The maximum atomic E-state index is 13.6. The van der Waals surface area contributed by atoms with Gasteiger partial charge in [-0.05, 0) is 35.2 Å². The number of carbonyl (C=O) groups excluding carboxylic acids is 2. The van der Waals surface area contributed by atoms with Crippen LogP contribution >= 0.6 is 0 Å². The molecule has 178 valence electrons. The number of benzene rings is 3. The predicted molar refractivity (Wildman–Crippen MR) is 134 cm³/mol. The smallest absolute Gasteiger partial charge is 0.243 e. The first kappa shape index (κ1) is 25.2. The van der Waals surface area contributed by atoms with Gasteiger partial charge in [0.25, 0.3) is 0 Å². The molecular formula is C29H33FN2O2. The molecule has 3 aromatic rings. The summed E-state index contributed by atoms with van der Waals surface area (Å²) in [4.78, 5) is 28.6. The zero-order chi connectivity index (χ0) is 24.2. The topological polar surface area (TPSA) is 49.4 Å². The van der Waals surface area contributed by atoms with Gasteiger partial charge in [0.05, 0.1) is 6.42 Å². The Morgan fingerprint density at radius 1 is 0.824 bits per heavy atom. The van der Waals surface area contributed by atoms with Crippen LogP contribution in [-0.4, -0.2) is 29.3 Å². The van der Waals surface area contributed by atoms with Crippen molar-refractivity contribution in [1.82, 2.24) is 10.2 Å². The molecule has 5 heteroatoms. The summed E-state index contributed by atoms with van der Waals surface area (Å²) >= 11 is 0. The van der Waals surface area contributed by atoms with Crippen LogP contribution in [0.15, 0.2) is 84.9 Å². The zero-order valence-corrected chi connectivity index (χ0v) is 19.8. The summed E-state index contributed by atoms with van der Waals surface area (Å²) in [6.07, 6.45) is 3.60. The molecule has 0 heterocycles. The maximum absolute atomic E-state index is 13.6. The molecule has 0 bridgehead atoms. The molecule has 34 heavy (non-hydrogen) atoms. The van der Waals surface area contributed by atoms with E-state index in [-0.39, 0.29) is 30.6 Å². The van der Waals surface area contributed by atoms with E-state index in [9.17, 15) is 14.0 Å². The SMILES string of the molecule is CCCCCNC(=O)[C@@H](Cc1ccccc1)N(Cc1ccc(F)cc1)C(=O)Cc1ccccc1. The summed E-state index contributed by atoms with van der Waals surface area (Å²) < 4.78 is 13.5. The van der Waals surface area contributed by atoms with Crippen LogP contribution in [0.25, 0.3) is 0 Å². The predicted octanol–water partition coefficient (Wildman–Crippen LogP) is 5.31. The van der Waals surface area contributed by atoms with Gasteiger partial charge in [-0.2, -0.15) is 0 Å². The summed E-state index contributed by atoms with van der Waals surface area (Å²) in [5, 5.41) is 3.04. The Bertz CT molecular complexity index is 1020. The molecular weight excluding hydrogens is 427 g/mol. The average Bonchev–Trinajstić information content (AvgIpc) is 2.86. The first-order chi connectivity index (χ1) is 16.6. The van der Waals surface area contributed by atoms with Gasteiger partial charge in [0.15, 0.2) is 0 Å². The molecule has 0 unspecified atom stereocenters. The van der Waals surface area contributed by atoms with Crippen molar-refractivity contribution in [2.75, 3.05) is 6.54 Å². The van der Waals surface area contributed by atoms with Crippen molar-refractivity contribution in [3.05, 3.63) is 107 Å². The quantitative estimate of drug-likeness (QED) is 0.372. The minimum absolute atomic E-state index is 0.139. The summed E-state index contributed by atoms with van der Waals surface area (Å²) in [6.45, 7) is 2.92. The van der Waals surface area contributed by atoms with E-state index in [1.54, 1.807) is 17.0 Å². The fourth-order valence-corrected chi connectivity index (χ4v) is 3.92. The molecule has 0 aromatic heterocycles. The third-order valence-corrected chi connectivity index (χ3v) is 5.82. The fourth-order valence-electron chi connectivity index (χ4n) is 3.92. The van der Waals surface area contributed by atoms with Crippen LogP contribution in [0.5, 0.6) is 0 Å². The molecule has 1 atom stereocenters. The summed E-state index contributed by atoms with van der Waals surface area (Å²) in [5.41, 5.74) is 2.64. The average molecular weight is 461 g/mol. The van der Waals surface area contributed by atoms with Crippen molar-refractivity contribution >= 4 is 11.8 Å². The van der Waals surface area contributed by atoms with Gasteiger partial charge in [-0.15, -0.1) is 0 Å². The van der Waals surface area contributed by atoms with Crippen LogP contribution in [0.4, 0.5) is 4.39 Å². The van der Waals surface area contributed by atoms with E-state index in [4.69, 9.17) is 0 Å². The van der Waals surface area contributed by atoms with Gasteiger partial charge in [-0.3, -0.25) is 9.59 Å². The highest BCUT2D eigenvalue weighted by Crippen LogP contribution is 2.17. The van der Waals surface area contributed by atoms with Crippen LogP contribution in [0.2, 0.25) is 0 Å². The third-order valence-electron chi connectivity index (χ3n) is 5.82. The molecule has 0 saturated heterocycles. The second kappa shape index (κ2) is 13.3. The second-order valence-corrected chi connectivity index (χ2v) is 8.51. The van der Waals surface area contributed by atoms with E-state index in [1.807, 2.05) is 60.7 Å². The third kappa shape index (κ3) is 7.84. The number of amides is 2.